The first kappa shape index (κ1) is 21.1. The number of halogens is 1. The number of nitrogens with zero attached hydrogens (tertiary/aromatic N) is 4. The van der Waals surface area contributed by atoms with Gasteiger partial charge in [0.05, 0.1) is 6.54 Å². The van der Waals surface area contributed by atoms with Crippen LogP contribution in [-0.2, 0) is 13.0 Å². The standard InChI is InChI=1S/C18H26N6.HI/c1-3-24(4-2)17-9-8-15(13-22-17)14-23-18(19)21-12-10-16-7-5-6-11-20-16;/h5-9,11,13H,3-4,10,12,14H2,1-2H3,(H3,19,21,23);1H. The maximum absolute atomic E-state index is 5.90. The number of hydrogen-bond donors (Lipinski definition) is 2. The second-order valence-corrected chi connectivity index (χ2v) is 5.40. The van der Waals surface area contributed by atoms with Gasteiger partial charge in [-0.2, -0.15) is 0 Å². The third-order valence-electron chi connectivity index (χ3n) is 3.74. The van der Waals surface area contributed by atoms with Gasteiger partial charge in [-0.3, -0.25) is 4.98 Å². The van der Waals surface area contributed by atoms with E-state index in [9.17, 15) is 0 Å². The van der Waals surface area contributed by atoms with Crippen LogP contribution in [0.3, 0.4) is 0 Å². The molecule has 0 atom stereocenters. The first-order valence-corrected chi connectivity index (χ1v) is 8.36. The number of aliphatic imine (C=N–C) groups is 1. The average Bonchev–Trinajstić information content (AvgIpc) is 2.63. The lowest BCUT2D eigenvalue weighted by Crippen LogP contribution is -2.33. The Kier molecular flexibility index (Phi) is 9.83. The predicted octanol–water partition coefficient (Wildman–Crippen LogP) is 2.59. The molecular formula is C18H27IN6. The molecule has 0 fully saturated rings. The topological polar surface area (TPSA) is 79.4 Å². The zero-order chi connectivity index (χ0) is 17.2. The van der Waals surface area contributed by atoms with Crippen LogP contribution in [0, 0.1) is 0 Å². The van der Waals surface area contributed by atoms with Gasteiger partial charge < -0.3 is 16.0 Å². The minimum absolute atomic E-state index is 0. The number of nitrogens with two attached hydrogens (primary N) is 1. The summed E-state index contributed by atoms with van der Waals surface area (Å²) in [5.41, 5.74) is 7.97. The summed E-state index contributed by atoms with van der Waals surface area (Å²) in [6.07, 6.45) is 4.47. The lowest BCUT2D eigenvalue weighted by atomic mass is 10.2. The highest BCUT2D eigenvalue weighted by molar-refractivity contribution is 14.0. The molecule has 0 amide bonds. The van der Waals surface area contributed by atoms with Crippen LogP contribution in [0.5, 0.6) is 0 Å². The van der Waals surface area contributed by atoms with Gasteiger partial charge in [0.1, 0.15) is 5.82 Å². The molecule has 7 heteroatoms. The predicted molar refractivity (Wildman–Crippen MR) is 114 cm³/mol. The fourth-order valence-electron chi connectivity index (χ4n) is 2.34. The minimum atomic E-state index is 0. The van der Waals surface area contributed by atoms with Gasteiger partial charge >= 0.3 is 0 Å². The SMILES string of the molecule is CCN(CC)c1ccc(CN=C(N)NCCc2ccccn2)cn1.I. The van der Waals surface area contributed by atoms with Gasteiger partial charge in [-0.25, -0.2) is 9.98 Å². The Hall–Kier alpha value is -1.90. The number of guanidine groups is 1. The summed E-state index contributed by atoms with van der Waals surface area (Å²) < 4.78 is 0. The van der Waals surface area contributed by atoms with Crippen LogP contribution in [0.2, 0.25) is 0 Å². The Morgan fingerprint density at radius 3 is 2.56 bits per heavy atom. The second kappa shape index (κ2) is 11.6. The van der Waals surface area contributed by atoms with Gasteiger partial charge in [0.25, 0.3) is 0 Å². The normalized spacial score (nSPS) is 10.9. The lowest BCUT2D eigenvalue weighted by Gasteiger charge is -2.19. The van der Waals surface area contributed by atoms with E-state index in [0.717, 1.165) is 36.6 Å². The average molecular weight is 454 g/mol. The summed E-state index contributed by atoms with van der Waals surface area (Å²) in [6, 6.07) is 9.97. The van der Waals surface area contributed by atoms with E-state index in [4.69, 9.17) is 5.73 Å². The van der Waals surface area contributed by atoms with Crippen molar-refractivity contribution >= 4 is 35.8 Å². The number of pyridine rings is 2. The lowest BCUT2D eigenvalue weighted by molar-refractivity contribution is 0.826. The van der Waals surface area contributed by atoms with Crippen molar-refractivity contribution in [1.82, 2.24) is 15.3 Å². The third kappa shape index (κ3) is 7.25. The molecule has 25 heavy (non-hydrogen) atoms. The highest BCUT2D eigenvalue weighted by atomic mass is 127. The van der Waals surface area contributed by atoms with E-state index in [1.807, 2.05) is 36.5 Å². The third-order valence-corrected chi connectivity index (χ3v) is 3.74. The van der Waals surface area contributed by atoms with E-state index in [1.54, 1.807) is 6.20 Å². The van der Waals surface area contributed by atoms with Crippen molar-refractivity contribution in [1.29, 1.82) is 0 Å². The molecule has 0 saturated heterocycles. The molecule has 2 heterocycles. The molecule has 0 spiro atoms. The second-order valence-electron chi connectivity index (χ2n) is 5.40. The molecule has 136 valence electrons. The quantitative estimate of drug-likeness (QED) is 0.364. The van der Waals surface area contributed by atoms with Crippen molar-refractivity contribution in [3.63, 3.8) is 0 Å². The number of rotatable bonds is 8. The summed E-state index contributed by atoms with van der Waals surface area (Å²) >= 11 is 0. The zero-order valence-electron chi connectivity index (χ0n) is 14.9. The van der Waals surface area contributed by atoms with E-state index >= 15 is 0 Å². The van der Waals surface area contributed by atoms with E-state index in [-0.39, 0.29) is 24.0 Å². The maximum Gasteiger partial charge on any atom is 0.188 e. The molecule has 0 unspecified atom stereocenters. The van der Waals surface area contributed by atoms with E-state index in [1.165, 1.54) is 0 Å². The summed E-state index contributed by atoms with van der Waals surface area (Å²) in [7, 11) is 0. The van der Waals surface area contributed by atoms with Crippen LogP contribution >= 0.6 is 24.0 Å². The fourth-order valence-corrected chi connectivity index (χ4v) is 2.34. The summed E-state index contributed by atoms with van der Waals surface area (Å²) in [4.78, 5) is 15.3. The molecule has 0 bridgehead atoms. The number of nitrogens with one attached hydrogen (secondary N) is 1. The van der Waals surface area contributed by atoms with Gasteiger partial charge in [-0.15, -0.1) is 24.0 Å². The first-order valence-electron chi connectivity index (χ1n) is 8.36. The zero-order valence-corrected chi connectivity index (χ0v) is 17.2. The van der Waals surface area contributed by atoms with Crippen LogP contribution < -0.4 is 16.0 Å². The number of aromatic nitrogens is 2. The van der Waals surface area contributed by atoms with Crippen molar-refractivity contribution < 1.29 is 0 Å². The number of anilines is 1. The van der Waals surface area contributed by atoms with Crippen molar-refractivity contribution in [2.75, 3.05) is 24.5 Å². The molecule has 2 aromatic rings. The van der Waals surface area contributed by atoms with Crippen LogP contribution in [0.15, 0.2) is 47.7 Å². The van der Waals surface area contributed by atoms with Crippen molar-refractivity contribution in [3.8, 4) is 0 Å². The van der Waals surface area contributed by atoms with Gasteiger partial charge in [0.2, 0.25) is 0 Å². The van der Waals surface area contributed by atoms with Crippen LogP contribution in [0.25, 0.3) is 0 Å². The molecule has 0 aliphatic rings. The highest BCUT2D eigenvalue weighted by Gasteiger charge is 2.02. The molecule has 6 nitrogen and oxygen atoms in total. The molecule has 2 rings (SSSR count). The largest absolute Gasteiger partial charge is 0.370 e. The number of hydrogen-bond acceptors (Lipinski definition) is 4. The van der Waals surface area contributed by atoms with Crippen LogP contribution in [0.1, 0.15) is 25.1 Å². The highest BCUT2D eigenvalue weighted by Crippen LogP contribution is 2.11. The van der Waals surface area contributed by atoms with E-state index in [0.29, 0.717) is 19.0 Å². The first-order chi connectivity index (χ1) is 11.7. The summed E-state index contributed by atoms with van der Waals surface area (Å²) in [5, 5.41) is 3.11. The van der Waals surface area contributed by atoms with Gasteiger partial charge in [-0.1, -0.05) is 12.1 Å². The Bertz CT molecular complexity index is 626. The van der Waals surface area contributed by atoms with Crippen LogP contribution in [0.4, 0.5) is 5.82 Å². The molecule has 0 radical (unpaired) electrons. The Morgan fingerprint density at radius 1 is 1.16 bits per heavy atom. The molecular weight excluding hydrogens is 427 g/mol. The maximum atomic E-state index is 5.90. The smallest absolute Gasteiger partial charge is 0.188 e. The fraction of sp³-hybridized carbons (Fsp3) is 0.389. The molecule has 3 N–H and O–H groups in total. The molecule has 0 aliphatic heterocycles. The van der Waals surface area contributed by atoms with Gasteiger partial charge in [0, 0.05) is 44.1 Å². The van der Waals surface area contributed by atoms with Crippen molar-refractivity contribution in [3.05, 3.63) is 54.0 Å². The molecule has 0 saturated carbocycles. The molecule has 2 aromatic heterocycles. The van der Waals surface area contributed by atoms with Gasteiger partial charge in [-0.05, 0) is 37.6 Å². The Labute approximate surface area is 167 Å². The minimum Gasteiger partial charge on any atom is -0.370 e. The monoisotopic (exact) mass is 454 g/mol. The van der Waals surface area contributed by atoms with E-state index < -0.39 is 0 Å². The Morgan fingerprint density at radius 2 is 1.96 bits per heavy atom. The van der Waals surface area contributed by atoms with Crippen LogP contribution in [-0.4, -0.2) is 35.6 Å². The molecule has 0 aliphatic carbocycles. The Balaban J connectivity index is 0.00000312. The molecule has 0 aromatic carbocycles. The summed E-state index contributed by atoms with van der Waals surface area (Å²) in [6.45, 7) is 7.39. The van der Waals surface area contributed by atoms with E-state index in [2.05, 4.69) is 39.0 Å². The van der Waals surface area contributed by atoms with Crippen molar-refractivity contribution in [2.24, 2.45) is 10.7 Å². The summed E-state index contributed by atoms with van der Waals surface area (Å²) in [5.74, 6) is 1.44. The van der Waals surface area contributed by atoms with Gasteiger partial charge in [0.15, 0.2) is 5.96 Å². The van der Waals surface area contributed by atoms with Crippen molar-refractivity contribution in [2.45, 2.75) is 26.8 Å².